The SMILES string of the molecule is CC(C)C1NC2(CCCC2)C(=O)N1CC1CCCN(C)C1. The Balaban J connectivity index is 1.73. The molecule has 21 heavy (non-hydrogen) atoms. The fourth-order valence-corrected chi connectivity index (χ4v) is 4.58. The summed E-state index contributed by atoms with van der Waals surface area (Å²) in [4.78, 5) is 17.7. The topological polar surface area (TPSA) is 35.6 Å². The summed E-state index contributed by atoms with van der Waals surface area (Å²) in [5.74, 6) is 1.52. The molecule has 0 aromatic carbocycles. The smallest absolute Gasteiger partial charge is 0.244 e. The minimum atomic E-state index is -0.213. The maximum Gasteiger partial charge on any atom is 0.244 e. The molecule has 2 aliphatic heterocycles. The molecule has 120 valence electrons. The summed E-state index contributed by atoms with van der Waals surface area (Å²) in [6, 6.07) is 0. The molecule has 2 unspecified atom stereocenters. The van der Waals surface area contributed by atoms with Crippen LogP contribution in [0.5, 0.6) is 0 Å². The van der Waals surface area contributed by atoms with Crippen molar-refractivity contribution < 1.29 is 4.79 Å². The molecule has 0 radical (unpaired) electrons. The van der Waals surface area contributed by atoms with Crippen molar-refractivity contribution in [3.05, 3.63) is 0 Å². The van der Waals surface area contributed by atoms with E-state index < -0.39 is 0 Å². The van der Waals surface area contributed by atoms with Gasteiger partial charge in [0.15, 0.2) is 0 Å². The van der Waals surface area contributed by atoms with E-state index in [1.807, 2.05) is 0 Å². The standard InChI is InChI=1S/C17H31N3O/c1-13(2)15-18-17(8-4-5-9-17)16(21)20(15)12-14-7-6-10-19(3)11-14/h13-15,18H,4-12H2,1-3H3. The molecule has 1 N–H and O–H groups in total. The van der Waals surface area contributed by atoms with Gasteiger partial charge in [0.1, 0.15) is 0 Å². The average Bonchev–Trinajstić information content (AvgIpc) is 3.00. The summed E-state index contributed by atoms with van der Waals surface area (Å²) < 4.78 is 0. The molecule has 2 atom stereocenters. The predicted octanol–water partition coefficient (Wildman–Crippen LogP) is 2.05. The van der Waals surface area contributed by atoms with Crippen molar-refractivity contribution >= 4 is 5.91 Å². The Morgan fingerprint density at radius 2 is 2.00 bits per heavy atom. The fourth-order valence-electron chi connectivity index (χ4n) is 4.58. The highest BCUT2D eigenvalue weighted by Gasteiger charge is 2.53. The third-order valence-electron chi connectivity index (χ3n) is 5.70. The zero-order valence-electron chi connectivity index (χ0n) is 13.9. The number of rotatable bonds is 3. The Morgan fingerprint density at radius 3 is 2.62 bits per heavy atom. The second-order valence-electron chi connectivity index (χ2n) is 7.85. The summed E-state index contributed by atoms with van der Waals surface area (Å²) in [7, 11) is 2.20. The Labute approximate surface area is 129 Å². The number of carbonyl (C=O) groups excluding carboxylic acids is 1. The first-order valence-electron chi connectivity index (χ1n) is 8.79. The van der Waals surface area contributed by atoms with E-state index >= 15 is 0 Å². The summed E-state index contributed by atoms with van der Waals surface area (Å²) >= 11 is 0. The zero-order valence-corrected chi connectivity index (χ0v) is 13.9. The molecule has 2 heterocycles. The minimum absolute atomic E-state index is 0.213. The van der Waals surface area contributed by atoms with Gasteiger partial charge in [0.2, 0.25) is 5.91 Å². The van der Waals surface area contributed by atoms with E-state index in [0.717, 1.165) is 25.9 Å². The number of nitrogens with zero attached hydrogens (tertiary/aromatic N) is 2. The van der Waals surface area contributed by atoms with Crippen molar-refractivity contribution in [2.75, 3.05) is 26.7 Å². The highest BCUT2D eigenvalue weighted by atomic mass is 16.2. The van der Waals surface area contributed by atoms with Crippen LogP contribution in [0.4, 0.5) is 0 Å². The average molecular weight is 293 g/mol. The van der Waals surface area contributed by atoms with Crippen LogP contribution in [0, 0.1) is 11.8 Å². The molecule has 3 fully saturated rings. The summed E-state index contributed by atoms with van der Waals surface area (Å²) in [6.07, 6.45) is 7.25. The molecule has 1 spiro atoms. The number of amides is 1. The summed E-state index contributed by atoms with van der Waals surface area (Å²) in [6.45, 7) is 7.76. The van der Waals surface area contributed by atoms with Crippen molar-refractivity contribution in [2.45, 2.75) is 64.1 Å². The van der Waals surface area contributed by atoms with E-state index in [4.69, 9.17) is 0 Å². The molecular weight excluding hydrogens is 262 g/mol. The molecule has 2 saturated heterocycles. The number of hydrogen-bond acceptors (Lipinski definition) is 3. The van der Waals surface area contributed by atoms with Crippen molar-refractivity contribution in [1.29, 1.82) is 0 Å². The van der Waals surface area contributed by atoms with E-state index in [-0.39, 0.29) is 11.7 Å². The van der Waals surface area contributed by atoms with Gasteiger partial charge in [-0.3, -0.25) is 10.1 Å². The first kappa shape index (κ1) is 15.3. The molecule has 1 saturated carbocycles. The van der Waals surface area contributed by atoms with Crippen LogP contribution in [0.1, 0.15) is 52.4 Å². The van der Waals surface area contributed by atoms with Gasteiger partial charge in [-0.2, -0.15) is 0 Å². The number of likely N-dealkylation sites (tertiary alicyclic amines) is 1. The summed E-state index contributed by atoms with van der Waals surface area (Å²) in [5.41, 5.74) is -0.213. The lowest BCUT2D eigenvalue weighted by atomic mass is 9.95. The van der Waals surface area contributed by atoms with Crippen molar-refractivity contribution in [3.8, 4) is 0 Å². The van der Waals surface area contributed by atoms with Crippen molar-refractivity contribution in [3.63, 3.8) is 0 Å². The second kappa shape index (κ2) is 5.88. The molecule has 0 bridgehead atoms. The zero-order chi connectivity index (χ0) is 15.0. The Kier molecular flexibility index (Phi) is 4.28. The lowest BCUT2D eigenvalue weighted by Gasteiger charge is -2.35. The monoisotopic (exact) mass is 293 g/mol. The van der Waals surface area contributed by atoms with Gasteiger partial charge >= 0.3 is 0 Å². The van der Waals surface area contributed by atoms with E-state index in [0.29, 0.717) is 17.7 Å². The van der Waals surface area contributed by atoms with E-state index in [2.05, 4.69) is 36.0 Å². The van der Waals surface area contributed by atoms with Crippen LogP contribution in [0.15, 0.2) is 0 Å². The van der Waals surface area contributed by atoms with Gasteiger partial charge in [0, 0.05) is 13.1 Å². The molecule has 1 aliphatic carbocycles. The molecule has 3 rings (SSSR count). The Bertz CT molecular complexity index is 389. The van der Waals surface area contributed by atoms with Crippen LogP contribution in [0.2, 0.25) is 0 Å². The maximum atomic E-state index is 13.0. The lowest BCUT2D eigenvalue weighted by Crippen LogP contribution is -2.46. The van der Waals surface area contributed by atoms with Gasteiger partial charge in [-0.25, -0.2) is 0 Å². The Morgan fingerprint density at radius 1 is 1.29 bits per heavy atom. The third-order valence-corrected chi connectivity index (χ3v) is 5.70. The lowest BCUT2D eigenvalue weighted by molar-refractivity contribution is -0.134. The highest BCUT2D eigenvalue weighted by molar-refractivity contribution is 5.89. The van der Waals surface area contributed by atoms with E-state index in [1.165, 1.54) is 32.2 Å². The highest BCUT2D eigenvalue weighted by Crippen LogP contribution is 2.38. The number of carbonyl (C=O) groups is 1. The van der Waals surface area contributed by atoms with Crippen LogP contribution < -0.4 is 5.32 Å². The predicted molar refractivity (Wildman–Crippen MR) is 84.9 cm³/mol. The Hall–Kier alpha value is -0.610. The molecular formula is C17H31N3O. The molecule has 4 heteroatoms. The van der Waals surface area contributed by atoms with Crippen LogP contribution in [0.25, 0.3) is 0 Å². The van der Waals surface area contributed by atoms with Crippen LogP contribution in [-0.4, -0.2) is 54.1 Å². The molecule has 0 aromatic heterocycles. The molecule has 4 nitrogen and oxygen atoms in total. The quantitative estimate of drug-likeness (QED) is 0.865. The van der Waals surface area contributed by atoms with Crippen LogP contribution in [0.3, 0.4) is 0 Å². The van der Waals surface area contributed by atoms with E-state index in [1.54, 1.807) is 0 Å². The third kappa shape index (κ3) is 2.85. The van der Waals surface area contributed by atoms with Gasteiger partial charge < -0.3 is 9.80 Å². The van der Waals surface area contributed by atoms with Crippen molar-refractivity contribution in [1.82, 2.24) is 15.1 Å². The first-order valence-corrected chi connectivity index (χ1v) is 8.79. The van der Waals surface area contributed by atoms with Crippen LogP contribution >= 0.6 is 0 Å². The number of nitrogens with one attached hydrogen (secondary N) is 1. The van der Waals surface area contributed by atoms with Gasteiger partial charge in [-0.05, 0) is 51.1 Å². The second-order valence-corrected chi connectivity index (χ2v) is 7.85. The van der Waals surface area contributed by atoms with Gasteiger partial charge in [-0.1, -0.05) is 26.7 Å². The first-order chi connectivity index (χ1) is 10.0. The van der Waals surface area contributed by atoms with Gasteiger partial charge in [0.25, 0.3) is 0 Å². The largest absolute Gasteiger partial charge is 0.325 e. The number of hydrogen-bond donors (Lipinski definition) is 1. The molecule has 1 amide bonds. The number of piperidine rings is 1. The fraction of sp³-hybridized carbons (Fsp3) is 0.941. The van der Waals surface area contributed by atoms with Crippen molar-refractivity contribution in [2.24, 2.45) is 11.8 Å². The van der Waals surface area contributed by atoms with Gasteiger partial charge in [0.05, 0.1) is 11.7 Å². The molecule has 0 aromatic rings. The maximum absolute atomic E-state index is 13.0. The summed E-state index contributed by atoms with van der Waals surface area (Å²) in [5, 5.41) is 3.73. The minimum Gasteiger partial charge on any atom is -0.325 e. The van der Waals surface area contributed by atoms with Crippen LogP contribution in [-0.2, 0) is 4.79 Å². The van der Waals surface area contributed by atoms with E-state index in [9.17, 15) is 4.79 Å². The molecule has 3 aliphatic rings. The normalized spacial score (nSPS) is 33.5. The van der Waals surface area contributed by atoms with Gasteiger partial charge in [-0.15, -0.1) is 0 Å².